The van der Waals surface area contributed by atoms with Gasteiger partial charge in [-0.15, -0.1) is 6.58 Å². The molecule has 21 heavy (non-hydrogen) atoms. The second kappa shape index (κ2) is 6.92. The smallest absolute Gasteiger partial charge is 0.164 e. The normalized spacial score (nSPS) is 10.8. The number of anilines is 1. The van der Waals surface area contributed by atoms with Gasteiger partial charge < -0.3 is 10.5 Å². The molecule has 1 heterocycles. The first-order valence-corrected chi connectivity index (χ1v) is 7.09. The van der Waals surface area contributed by atoms with Crippen molar-refractivity contribution in [3.05, 3.63) is 48.6 Å². The highest BCUT2D eigenvalue weighted by atomic mass is 16.5. The number of nitrogens with zero attached hydrogens (tertiary/aromatic N) is 3. The standard InChI is InChI=1S/C16H22N4O/c1-4-5-13-8-14(17)6-7-15(13)21-10-16-18-11-19-20(16)9-12(2)3/h4,6-8,11-12H,1,5,9-10,17H2,2-3H3. The zero-order valence-corrected chi connectivity index (χ0v) is 12.6. The van der Waals surface area contributed by atoms with Crippen molar-refractivity contribution in [2.45, 2.75) is 33.4 Å². The van der Waals surface area contributed by atoms with Crippen molar-refractivity contribution in [2.75, 3.05) is 5.73 Å². The average molecular weight is 286 g/mol. The minimum atomic E-state index is 0.390. The van der Waals surface area contributed by atoms with E-state index in [0.29, 0.717) is 12.5 Å². The molecule has 5 nitrogen and oxygen atoms in total. The molecule has 1 aromatic heterocycles. The number of nitrogens with two attached hydrogens (primary N) is 1. The van der Waals surface area contributed by atoms with Crippen molar-refractivity contribution in [3.63, 3.8) is 0 Å². The summed E-state index contributed by atoms with van der Waals surface area (Å²) >= 11 is 0. The maximum Gasteiger partial charge on any atom is 0.164 e. The molecule has 0 aliphatic carbocycles. The van der Waals surface area contributed by atoms with Gasteiger partial charge in [-0.05, 0) is 36.1 Å². The van der Waals surface area contributed by atoms with E-state index in [4.69, 9.17) is 10.5 Å². The van der Waals surface area contributed by atoms with Crippen LogP contribution in [-0.2, 0) is 19.6 Å². The van der Waals surface area contributed by atoms with E-state index in [1.165, 1.54) is 0 Å². The second-order valence-electron chi connectivity index (χ2n) is 5.40. The molecule has 5 heteroatoms. The number of hydrogen-bond acceptors (Lipinski definition) is 4. The lowest BCUT2D eigenvalue weighted by atomic mass is 10.1. The van der Waals surface area contributed by atoms with Gasteiger partial charge in [0.05, 0.1) is 0 Å². The summed E-state index contributed by atoms with van der Waals surface area (Å²) in [6.45, 7) is 9.28. The Labute approximate surface area is 125 Å². The van der Waals surface area contributed by atoms with Crippen LogP contribution in [0, 0.1) is 5.92 Å². The number of nitrogen functional groups attached to an aromatic ring is 1. The zero-order valence-electron chi connectivity index (χ0n) is 12.6. The van der Waals surface area contributed by atoms with E-state index in [-0.39, 0.29) is 0 Å². The number of aromatic nitrogens is 3. The van der Waals surface area contributed by atoms with Crippen molar-refractivity contribution in [1.82, 2.24) is 14.8 Å². The maximum atomic E-state index is 5.88. The Kier molecular flexibility index (Phi) is 4.98. The number of benzene rings is 1. The van der Waals surface area contributed by atoms with Crippen molar-refractivity contribution >= 4 is 5.69 Å². The Balaban J connectivity index is 2.09. The fourth-order valence-electron chi connectivity index (χ4n) is 2.10. The van der Waals surface area contributed by atoms with Gasteiger partial charge in [0.15, 0.2) is 5.82 Å². The summed E-state index contributed by atoms with van der Waals surface area (Å²) in [7, 11) is 0. The molecule has 2 N–H and O–H groups in total. The molecule has 2 rings (SSSR count). The van der Waals surface area contributed by atoms with Crippen LogP contribution in [0.3, 0.4) is 0 Å². The summed E-state index contributed by atoms with van der Waals surface area (Å²) in [5.74, 6) is 2.14. The Morgan fingerprint density at radius 2 is 2.24 bits per heavy atom. The van der Waals surface area contributed by atoms with Gasteiger partial charge in [0, 0.05) is 12.2 Å². The van der Waals surface area contributed by atoms with E-state index < -0.39 is 0 Å². The van der Waals surface area contributed by atoms with Gasteiger partial charge in [-0.2, -0.15) is 5.10 Å². The maximum absolute atomic E-state index is 5.88. The van der Waals surface area contributed by atoms with E-state index in [0.717, 1.165) is 35.8 Å². The summed E-state index contributed by atoms with van der Waals surface area (Å²) in [6, 6.07) is 5.63. The van der Waals surface area contributed by atoms with E-state index in [2.05, 4.69) is 30.5 Å². The van der Waals surface area contributed by atoms with E-state index in [9.17, 15) is 0 Å². The van der Waals surface area contributed by atoms with Gasteiger partial charge in [0.1, 0.15) is 18.7 Å². The molecule has 0 fully saturated rings. The number of rotatable bonds is 7. The molecule has 2 aromatic rings. The molecular weight excluding hydrogens is 264 g/mol. The molecule has 0 bridgehead atoms. The van der Waals surface area contributed by atoms with E-state index in [1.54, 1.807) is 6.33 Å². The van der Waals surface area contributed by atoms with Gasteiger partial charge in [0.25, 0.3) is 0 Å². The van der Waals surface area contributed by atoms with Crippen LogP contribution in [0.4, 0.5) is 5.69 Å². The molecule has 0 aliphatic rings. The van der Waals surface area contributed by atoms with Gasteiger partial charge in [-0.1, -0.05) is 19.9 Å². The lowest BCUT2D eigenvalue weighted by Gasteiger charge is -2.12. The van der Waals surface area contributed by atoms with Crippen LogP contribution in [0.5, 0.6) is 5.75 Å². The summed E-state index contributed by atoms with van der Waals surface area (Å²) in [4.78, 5) is 4.26. The Hall–Kier alpha value is -2.30. The van der Waals surface area contributed by atoms with Gasteiger partial charge in [-0.3, -0.25) is 0 Å². The lowest BCUT2D eigenvalue weighted by molar-refractivity contribution is 0.280. The summed E-state index contributed by atoms with van der Waals surface area (Å²) in [5.41, 5.74) is 7.56. The van der Waals surface area contributed by atoms with Crippen LogP contribution in [0.2, 0.25) is 0 Å². The number of allylic oxidation sites excluding steroid dienone is 1. The molecule has 0 atom stereocenters. The van der Waals surface area contributed by atoms with Crippen molar-refractivity contribution in [2.24, 2.45) is 5.92 Å². The Morgan fingerprint density at radius 1 is 1.43 bits per heavy atom. The van der Waals surface area contributed by atoms with Gasteiger partial charge in [0.2, 0.25) is 0 Å². The Morgan fingerprint density at radius 3 is 2.95 bits per heavy atom. The minimum Gasteiger partial charge on any atom is -0.485 e. The molecule has 0 amide bonds. The van der Waals surface area contributed by atoms with Crippen molar-refractivity contribution in [1.29, 1.82) is 0 Å². The molecule has 0 saturated heterocycles. The highest BCUT2D eigenvalue weighted by molar-refractivity contribution is 5.48. The Bertz CT molecular complexity index is 604. The molecule has 0 aliphatic heterocycles. The summed E-state index contributed by atoms with van der Waals surface area (Å²) in [6.07, 6.45) is 4.12. The molecule has 1 aromatic carbocycles. The molecular formula is C16H22N4O. The number of ether oxygens (including phenoxy) is 1. The topological polar surface area (TPSA) is 66.0 Å². The van der Waals surface area contributed by atoms with Gasteiger partial charge >= 0.3 is 0 Å². The van der Waals surface area contributed by atoms with Crippen LogP contribution in [0.25, 0.3) is 0 Å². The van der Waals surface area contributed by atoms with Crippen LogP contribution in [-0.4, -0.2) is 14.8 Å². The first kappa shape index (κ1) is 15.1. The summed E-state index contributed by atoms with van der Waals surface area (Å²) in [5, 5.41) is 4.23. The quantitative estimate of drug-likeness (QED) is 0.628. The predicted octanol–water partition coefficient (Wildman–Crippen LogP) is 2.82. The van der Waals surface area contributed by atoms with Crippen LogP contribution in [0.1, 0.15) is 25.2 Å². The monoisotopic (exact) mass is 286 g/mol. The first-order chi connectivity index (χ1) is 10.1. The fraction of sp³-hybridized carbons (Fsp3) is 0.375. The van der Waals surface area contributed by atoms with E-state index >= 15 is 0 Å². The fourth-order valence-corrected chi connectivity index (χ4v) is 2.10. The highest BCUT2D eigenvalue weighted by Crippen LogP contribution is 2.23. The summed E-state index contributed by atoms with van der Waals surface area (Å²) < 4.78 is 7.77. The zero-order chi connectivity index (χ0) is 15.2. The molecule has 112 valence electrons. The third kappa shape index (κ3) is 4.08. The molecule has 0 radical (unpaired) electrons. The molecule has 0 spiro atoms. The molecule has 0 saturated carbocycles. The van der Waals surface area contributed by atoms with Crippen molar-refractivity contribution in [3.8, 4) is 5.75 Å². The predicted molar refractivity (Wildman–Crippen MR) is 83.9 cm³/mol. The van der Waals surface area contributed by atoms with Crippen molar-refractivity contribution < 1.29 is 4.74 Å². The third-order valence-electron chi connectivity index (χ3n) is 3.04. The van der Waals surface area contributed by atoms with E-state index in [1.807, 2.05) is 29.0 Å². The van der Waals surface area contributed by atoms with Crippen LogP contribution >= 0.6 is 0 Å². The molecule has 0 unspecified atom stereocenters. The highest BCUT2D eigenvalue weighted by Gasteiger charge is 2.09. The first-order valence-electron chi connectivity index (χ1n) is 7.09. The average Bonchev–Trinajstić information content (AvgIpc) is 2.85. The largest absolute Gasteiger partial charge is 0.485 e. The van der Waals surface area contributed by atoms with Crippen LogP contribution in [0.15, 0.2) is 37.2 Å². The lowest BCUT2D eigenvalue weighted by Crippen LogP contribution is -2.12. The second-order valence-corrected chi connectivity index (χ2v) is 5.40. The SMILES string of the molecule is C=CCc1cc(N)ccc1OCc1ncnn1CC(C)C. The minimum absolute atomic E-state index is 0.390. The van der Waals surface area contributed by atoms with Gasteiger partial charge in [-0.25, -0.2) is 9.67 Å². The van der Waals surface area contributed by atoms with Crippen LogP contribution < -0.4 is 10.5 Å². The number of hydrogen-bond donors (Lipinski definition) is 1. The third-order valence-corrected chi connectivity index (χ3v) is 3.04.